The summed E-state index contributed by atoms with van der Waals surface area (Å²) in [5, 5.41) is 0. The minimum atomic E-state index is -3.25. The lowest BCUT2D eigenvalue weighted by Crippen LogP contribution is -2.26. The van der Waals surface area contributed by atoms with E-state index in [-0.39, 0.29) is 6.54 Å². The summed E-state index contributed by atoms with van der Waals surface area (Å²) < 4.78 is 23.7. The standard InChI is InChI=1S/C8H13N3O2S/c1-11(14(2,12)13)8-4-3-5-10-7(8)6-9/h3-5H,6,9H2,1-2H3. The SMILES string of the molecule is CN(c1cccnc1CN)S(C)(=O)=O. The second kappa shape index (κ2) is 3.93. The molecule has 0 atom stereocenters. The molecule has 5 nitrogen and oxygen atoms in total. The Hall–Kier alpha value is -1.14. The van der Waals surface area contributed by atoms with Crippen molar-refractivity contribution in [3.8, 4) is 0 Å². The molecule has 0 bridgehead atoms. The average molecular weight is 215 g/mol. The highest BCUT2D eigenvalue weighted by Gasteiger charge is 2.14. The molecule has 6 heteroatoms. The Balaban J connectivity index is 3.19. The van der Waals surface area contributed by atoms with Gasteiger partial charge in [0.2, 0.25) is 10.0 Å². The average Bonchev–Trinajstić information content (AvgIpc) is 2.15. The number of pyridine rings is 1. The van der Waals surface area contributed by atoms with Crippen LogP contribution in [0.25, 0.3) is 0 Å². The fourth-order valence-corrected chi connectivity index (χ4v) is 1.58. The van der Waals surface area contributed by atoms with E-state index in [4.69, 9.17) is 5.73 Å². The highest BCUT2D eigenvalue weighted by atomic mass is 32.2. The van der Waals surface area contributed by atoms with E-state index in [9.17, 15) is 8.42 Å². The van der Waals surface area contributed by atoms with E-state index in [2.05, 4.69) is 4.98 Å². The predicted octanol–water partition coefficient (Wildman–Crippen LogP) is -0.0639. The molecule has 0 saturated carbocycles. The van der Waals surface area contributed by atoms with Crippen molar-refractivity contribution in [2.75, 3.05) is 17.6 Å². The molecule has 0 radical (unpaired) electrons. The minimum absolute atomic E-state index is 0.218. The van der Waals surface area contributed by atoms with Gasteiger partial charge in [-0.25, -0.2) is 8.42 Å². The fourth-order valence-electron chi connectivity index (χ4n) is 1.05. The molecule has 0 fully saturated rings. The number of aromatic nitrogens is 1. The Morgan fingerprint density at radius 1 is 1.57 bits per heavy atom. The van der Waals surface area contributed by atoms with Gasteiger partial charge in [0, 0.05) is 19.8 Å². The molecule has 1 heterocycles. The molecule has 0 aliphatic heterocycles. The van der Waals surface area contributed by atoms with Crippen LogP contribution in [0.1, 0.15) is 5.69 Å². The van der Waals surface area contributed by atoms with Crippen LogP contribution in [-0.4, -0.2) is 26.7 Å². The van der Waals surface area contributed by atoms with Crippen molar-refractivity contribution >= 4 is 15.7 Å². The van der Waals surface area contributed by atoms with Crippen LogP contribution < -0.4 is 10.0 Å². The lowest BCUT2D eigenvalue weighted by Gasteiger charge is -2.18. The van der Waals surface area contributed by atoms with Crippen LogP contribution in [0.15, 0.2) is 18.3 Å². The van der Waals surface area contributed by atoms with Gasteiger partial charge in [-0.05, 0) is 12.1 Å². The molecular formula is C8H13N3O2S. The topological polar surface area (TPSA) is 76.3 Å². The highest BCUT2D eigenvalue weighted by Crippen LogP contribution is 2.18. The Bertz CT molecular complexity index is 416. The molecule has 0 aromatic carbocycles. The molecular weight excluding hydrogens is 202 g/mol. The quantitative estimate of drug-likeness (QED) is 0.766. The molecule has 2 N–H and O–H groups in total. The van der Waals surface area contributed by atoms with Crippen molar-refractivity contribution in [3.05, 3.63) is 24.0 Å². The van der Waals surface area contributed by atoms with Crippen LogP contribution >= 0.6 is 0 Å². The summed E-state index contributed by atoms with van der Waals surface area (Å²) in [6, 6.07) is 3.35. The number of hydrogen-bond donors (Lipinski definition) is 1. The molecule has 1 aromatic rings. The number of sulfonamides is 1. The zero-order chi connectivity index (χ0) is 10.8. The van der Waals surface area contributed by atoms with Crippen LogP contribution in [-0.2, 0) is 16.6 Å². The van der Waals surface area contributed by atoms with E-state index in [1.54, 1.807) is 18.3 Å². The van der Waals surface area contributed by atoms with Crippen LogP contribution in [0, 0.1) is 0 Å². The largest absolute Gasteiger partial charge is 0.325 e. The van der Waals surface area contributed by atoms with Gasteiger partial charge < -0.3 is 5.73 Å². The first kappa shape index (κ1) is 10.9. The second-order valence-electron chi connectivity index (χ2n) is 2.90. The monoisotopic (exact) mass is 215 g/mol. The van der Waals surface area contributed by atoms with E-state index in [0.717, 1.165) is 6.26 Å². The molecule has 78 valence electrons. The van der Waals surface area contributed by atoms with E-state index < -0.39 is 10.0 Å². The first-order valence-electron chi connectivity index (χ1n) is 4.04. The van der Waals surface area contributed by atoms with Gasteiger partial charge in [-0.15, -0.1) is 0 Å². The molecule has 1 aromatic heterocycles. The molecule has 0 spiro atoms. The number of nitrogens with zero attached hydrogens (tertiary/aromatic N) is 2. The fraction of sp³-hybridized carbons (Fsp3) is 0.375. The van der Waals surface area contributed by atoms with Gasteiger partial charge in [0.1, 0.15) is 0 Å². The normalized spacial score (nSPS) is 11.4. The Labute approximate surface area is 83.6 Å². The third-order valence-corrected chi connectivity index (χ3v) is 3.09. The molecule has 0 unspecified atom stereocenters. The highest BCUT2D eigenvalue weighted by molar-refractivity contribution is 7.92. The maximum Gasteiger partial charge on any atom is 0.232 e. The summed E-state index contributed by atoms with van der Waals surface area (Å²) in [4.78, 5) is 4.00. The first-order valence-corrected chi connectivity index (χ1v) is 5.89. The summed E-state index contributed by atoms with van der Waals surface area (Å²) in [5.74, 6) is 0. The smallest absolute Gasteiger partial charge is 0.232 e. The number of hydrogen-bond acceptors (Lipinski definition) is 4. The summed E-state index contributed by atoms with van der Waals surface area (Å²) >= 11 is 0. The van der Waals surface area contributed by atoms with Gasteiger partial charge in [-0.2, -0.15) is 0 Å². The van der Waals surface area contributed by atoms with E-state index in [1.807, 2.05) is 0 Å². The summed E-state index contributed by atoms with van der Waals surface area (Å²) in [6.07, 6.45) is 2.72. The zero-order valence-corrected chi connectivity index (χ0v) is 8.95. The van der Waals surface area contributed by atoms with Crippen molar-refractivity contribution in [1.82, 2.24) is 4.98 Å². The van der Waals surface area contributed by atoms with Gasteiger partial charge in [0.15, 0.2) is 0 Å². The van der Waals surface area contributed by atoms with Crippen LogP contribution in [0.4, 0.5) is 5.69 Å². The maximum absolute atomic E-state index is 11.3. The van der Waals surface area contributed by atoms with Gasteiger partial charge in [0.05, 0.1) is 17.6 Å². The van der Waals surface area contributed by atoms with Gasteiger partial charge >= 0.3 is 0 Å². The van der Waals surface area contributed by atoms with Crippen LogP contribution in [0.5, 0.6) is 0 Å². The molecule has 1 rings (SSSR count). The number of anilines is 1. The van der Waals surface area contributed by atoms with Gasteiger partial charge in [0.25, 0.3) is 0 Å². The van der Waals surface area contributed by atoms with Crippen molar-refractivity contribution in [2.24, 2.45) is 5.73 Å². The third-order valence-electron chi connectivity index (χ3n) is 1.90. The van der Waals surface area contributed by atoms with Gasteiger partial charge in [-0.3, -0.25) is 9.29 Å². The van der Waals surface area contributed by atoms with E-state index >= 15 is 0 Å². The molecule has 14 heavy (non-hydrogen) atoms. The zero-order valence-electron chi connectivity index (χ0n) is 8.14. The number of nitrogens with two attached hydrogens (primary N) is 1. The number of rotatable bonds is 3. The third kappa shape index (κ3) is 2.21. The lowest BCUT2D eigenvalue weighted by atomic mass is 10.3. The Morgan fingerprint density at radius 2 is 2.21 bits per heavy atom. The van der Waals surface area contributed by atoms with Crippen molar-refractivity contribution in [3.63, 3.8) is 0 Å². The predicted molar refractivity (Wildman–Crippen MR) is 55.4 cm³/mol. The summed E-state index contributed by atoms with van der Waals surface area (Å²) in [7, 11) is -1.77. The van der Waals surface area contributed by atoms with Crippen molar-refractivity contribution in [1.29, 1.82) is 0 Å². The first-order chi connectivity index (χ1) is 6.46. The van der Waals surface area contributed by atoms with Crippen molar-refractivity contribution in [2.45, 2.75) is 6.54 Å². The second-order valence-corrected chi connectivity index (χ2v) is 4.92. The Kier molecular flexibility index (Phi) is 3.07. The van der Waals surface area contributed by atoms with Crippen LogP contribution in [0.2, 0.25) is 0 Å². The van der Waals surface area contributed by atoms with Crippen LogP contribution in [0.3, 0.4) is 0 Å². The minimum Gasteiger partial charge on any atom is -0.325 e. The molecule has 0 amide bonds. The van der Waals surface area contributed by atoms with E-state index in [1.165, 1.54) is 11.4 Å². The lowest BCUT2D eigenvalue weighted by molar-refractivity contribution is 0.600. The summed E-state index contributed by atoms with van der Waals surface area (Å²) in [6.45, 7) is 0.218. The van der Waals surface area contributed by atoms with Gasteiger partial charge in [-0.1, -0.05) is 0 Å². The molecule has 0 aliphatic rings. The van der Waals surface area contributed by atoms with E-state index in [0.29, 0.717) is 11.4 Å². The summed E-state index contributed by atoms with van der Waals surface area (Å²) in [5.41, 5.74) is 6.54. The maximum atomic E-state index is 11.3. The molecule has 0 saturated heterocycles. The van der Waals surface area contributed by atoms with Crippen molar-refractivity contribution < 1.29 is 8.42 Å². The Morgan fingerprint density at radius 3 is 2.71 bits per heavy atom. The molecule has 0 aliphatic carbocycles.